The summed E-state index contributed by atoms with van der Waals surface area (Å²) >= 11 is 0. The van der Waals surface area contributed by atoms with Gasteiger partial charge in [0.1, 0.15) is 0 Å². The standard InChI is InChI=1S/C11H18N2/c1-4-10(12)9-6-5-7(2)8(3)11(9)13/h5-6,10H,4,12-13H2,1-3H3. The molecule has 4 N–H and O–H groups in total. The van der Waals surface area contributed by atoms with E-state index < -0.39 is 0 Å². The monoisotopic (exact) mass is 178 g/mol. The fourth-order valence-corrected chi connectivity index (χ4v) is 1.40. The molecule has 0 aromatic heterocycles. The maximum atomic E-state index is 5.98. The normalized spacial score (nSPS) is 12.9. The molecule has 0 aliphatic rings. The van der Waals surface area contributed by atoms with E-state index in [1.54, 1.807) is 0 Å². The molecule has 72 valence electrons. The fourth-order valence-electron chi connectivity index (χ4n) is 1.40. The minimum absolute atomic E-state index is 0.0688. The van der Waals surface area contributed by atoms with E-state index in [0.29, 0.717) is 0 Å². The second-order valence-corrected chi connectivity index (χ2v) is 3.53. The van der Waals surface area contributed by atoms with Gasteiger partial charge in [0, 0.05) is 11.7 Å². The maximum absolute atomic E-state index is 5.98. The highest BCUT2D eigenvalue weighted by atomic mass is 14.7. The third kappa shape index (κ3) is 1.83. The van der Waals surface area contributed by atoms with Gasteiger partial charge in [-0.3, -0.25) is 0 Å². The van der Waals surface area contributed by atoms with Crippen LogP contribution in [0.2, 0.25) is 0 Å². The van der Waals surface area contributed by atoms with E-state index in [-0.39, 0.29) is 6.04 Å². The van der Waals surface area contributed by atoms with Crippen molar-refractivity contribution in [2.75, 3.05) is 5.73 Å². The Morgan fingerprint density at radius 1 is 1.31 bits per heavy atom. The molecule has 13 heavy (non-hydrogen) atoms. The molecule has 0 fully saturated rings. The average molecular weight is 178 g/mol. The lowest BCUT2D eigenvalue weighted by Gasteiger charge is -2.15. The summed E-state index contributed by atoms with van der Waals surface area (Å²) in [5, 5.41) is 0. The molecule has 0 radical (unpaired) electrons. The first-order chi connectivity index (χ1) is 6.07. The van der Waals surface area contributed by atoms with Crippen LogP contribution in [0.3, 0.4) is 0 Å². The summed E-state index contributed by atoms with van der Waals surface area (Å²) in [6.45, 7) is 6.17. The van der Waals surface area contributed by atoms with E-state index in [1.165, 1.54) is 5.56 Å². The quantitative estimate of drug-likeness (QED) is 0.683. The summed E-state index contributed by atoms with van der Waals surface area (Å²) in [6, 6.07) is 4.18. The largest absolute Gasteiger partial charge is 0.398 e. The van der Waals surface area contributed by atoms with Crippen LogP contribution in [-0.4, -0.2) is 0 Å². The maximum Gasteiger partial charge on any atom is 0.0394 e. The van der Waals surface area contributed by atoms with Gasteiger partial charge in [-0.05, 0) is 37.0 Å². The molecule has 2 heteroatoms. The van der Waals surface area contributed by atoms with E-state index in [0.717, 1.165) is 23.2 Å². The molecule has 0 saturated heterocycles. The van der Waals surface area contributed by atoms with Crippen molar-refractivity contribution in [2.24, 2.45) is 5.73 Å². The van der Waals surface area contributed by atoms with Crippen molar-refractivity contribution in [3.63, 3.8) is 0 Å². The molecule has 0 aliphatic heterocycles. The molecule has 0 spiro atoms. The highest BCUT2D eigenvalue weighted by molar-refractivity contribution is 5.57. The Morgan fingerprint density at radius 2 is 1.92 bits per heavy atom. The van der Waals surface area contributed by atoms with Crippen molar-refractivity contribution in [3.05, 3.63) is 28.8 Å². The number of hydrogen-bond acceptors (Lipinski definition) is 2. The van der Waals surface area contributed by atoms with Crippen LogP contribution in [0.5, 0.6) is 0 Å². The zero-order valence-electron chi connectivity index (χ0n) is 8.59. The summed E-state index contributed by atoms with van der Waals surface area (Å²) in [4.78, 5) is 0. The van der Waals surface area contributed by atoms with Crippen molar-refractivity contribution in [3.8, 4) is 0 Å². The van der Waals surface area contributed by atoms with E-state index in [4.69, 9.17) is 11.5 Å². The van der Waals surface area contributed by atoms with Crippen LogP contribution >= 0.6 is 0 Å². The molecule has 0 bridgehead atoms. The second-order valence-electron chi connectivity index (χ2n) is 3.53. The summed E-state index contributed by atoms with van der Waals surface area (Å²) in [7, 11) is 0. The Hall–Kier alpha value is -1.02. The lowest BCUT2D eigenvalue weighted by molar-refractivity contribution is 0.700. The molecule has 1 atom stereocenters. The van der Waals surface area contributed by atoms with Crippen molar-refractivity contribution in [1.82, 2.24) is 0 Å². The molecular weight excluding hydrogens is 160 g/mol. The van der Waals surface area contributed by atoms with Crippen LogP contribution in [0.1, 0.15) is 36.1 Å². The van der Waals surface area contributed by atoms with Crippen LogP contribution in [-0.2, 0) is 0 Å². The van der Waals surface area contributed by atoms with E-state index >= 15 is 0 Å². The second kappa shape index (κ2) is 3.79. The summed E-state index contributed by atoms with van der Waals surface area (Å²) in [5.74, 6) is 0. The van der Waals surface area contributed by atoms with E-state index in [1.807, 2.05) is 13.0 Å². The van der Waals surface area contributed by atoms with E-state index in [9.17, 15) is 0 Å². The van der Waals surface area contributed by atoms with Crippen LogP contribution in [0.15, 0.2) is 12.1 Å². The predicted octanol–water partition coefficient (Wildman–Crippen LogP) is 2.30. The Labute approximate surface area is 79.9 Å². The topological polar surface area (TPSA) is 52.0 Å². The third-order valence-electron chi connectivity index (χ3n) is 2.66. The first kappa shape index (κ1) is 10.1. The van der Waals surface area contributed by atoms with Gasteiger partial charge in [-0.25, -0.2) is 0 Å². The molecule has 0 aliphatic carbocycles. The number of benzene rings is 1. The van der Waals surface area contributed by atoms with Gasteiger partial charge < -0.3 is 11.5 Å². The number of nitrogen functional groups attached to an aromatic ring is 1. The van der Waals surface area contributed by atoms with Crippen molar-refractivity contribution >= 4 is 5.69 Å². The van der Waals surface area contributed by atoms with Crippen LogP contribution < -0.4 is 11.5 Å². The van der Waals surface area contributed by atoms with Gasteiger partial charge in [0.15, 0.2) is 0 Å². The minimum Gasteiger partial charge on any atom is -0.398 e. The van der Waals surface area contributed by atoms with Crippen molar-refractivity contribution in [2.45, 2.75) is 33.2 Å². The molecule has 0 saturated carbocycles. The first-order valence-corrected chi connectivity index (χ1v) is 4.69. The molecule has 1 rings (SSSR count). The van der Waals surface area contributed by atoms with Crippen molar-refractivity contribution in [1.29, 1.82) is 0 Å². The van der Waals surface area contributed by atoms with Gasteiger partial charge in [-0.2, -0.15) is 0 Å². The summed E-state index contributed by atoms with van der Waals surface area (Å²) < 4.78 is 0. The van der Waals surface area contributed by atoms with Gasteiger partial charge >= 0.3 is 0 Å². The first-order valence-electron chi connectivity index (χ1n) is 4.69. The van der Waals surface area contributed by atoms with Gasteiger partial charge in [-0.1, -0.05) is 19.1 Å². The zero-order chi connectivity index (χ0) is 10.0. The van der Waals surface area contributed by atoms with Gasteiger partial charge in [0.2, 0.25) is 0 Å². The molecule has 1 aromatic rings. The number of hydrogen-bond donors (Lipinski definition) is 2. The molecule has 2 nitrogen and oxygen atoms in total. The number of aryl methyl sites for hydroxylation is 1. The Bertz CT molecular complexity index is 305. The average Bonchev–Trinajstić information content (AvgIpc) is 2.13. The van der Waals surface area contributed by atoms with Crippen LogP contribution in [0.4, 0.5) is 5.69 Å². The van der Waals surface area contributed by atoms with Gasteiger partial charge in [-0.15, -0.1) is 0 Å². The highest BCUT2D eigenvalue weighted by Crippen LogP contribution is 2.25. The highest BCUT2D eigenvalue weighted by Gasteiger charge is 2.09. The Morgan fingerprint density at radius 3 is 2.46 bits per heavy atom. The number of anilines is 1. The Balaban J connectivity index is 3.18. The van der Waals surface area contributed by atoms with Gasteiger partial charge in [0.05, 0.1) is 0 Å². The Kier molecular flexibility index (Phi) is 2.94. The summed E-state index contributed by atoms with van der Waals surface area (Å²) in [6.07, 6.45) is 0.923. The van der Waals surface area contributed by atoms with Gasteiger partial charge in [0.25, 0.3) is 0 Å². The number of rotatable bonds is 2. The summed E-state index contributed by atoms with van der Waals surface area (Å²) in [5.41, 5.74) is 16.2. The molecule has 0 amide bonds. The van der Waals surface area contributed by atoms with E-state index in [2.05, 4.69) is 19.9 Å². The lowest BCUT2D eigenvalue weighted by atomic mass is 9.97. The van der Waals surface area contributed by atoms with Crippen molar-refractivity contribution < 1.29 is 0 Å². The smallest absolute Gasteiger partial charge is 0.0394 e. The van der Waals surface area contributed by atoms with Crippen LogP contribution in [0.25, 0.3) is 0 Å². The molecule has 1 unspecified atom stereocenters. The molecular formula is C11H18N2. The lowest BCUT2D eigenvalue weighted by Crippen LogP contribution is -2.12. The van der Waals surface area contributed by atoms with Crippen LogP contribution in [0, 0.1) is 13.8 Å². The molecule has 0 heterocycles. The zero-order valence-corrected chi connectivity index (χ0v) is 8.59. The molecule has 1 aromatic carbocycles. The third-order valence-corrected chi connectivity index (χ3v) is 2.66. The SMILES string of the molecule is CCC(N)c1ccc(C)c(C)c1N. The number of nitrogens with two attached hydrogens (primary N) is 2. The predicted molar refractivity (Wildman–Crippen MR) is 57.5 cm³/mol. The fraction of sp³-hybridized carbons (Fsp3) is 0.455. The minimum atomic E-state index is 0.0688.